The number of nitrogen functional groups attached to an aromatic ring is 1. The first-order chi connectivity index (χ1) is 9.78. The van der Waals surface area contributed by atoms with Crippen LogP contribution in [0.3, 0.4) is 0 Å². The Kier molecular flexibility index (Phi) is 3.25. The smallest absolute Gasteiger partial charge is 0.0957 e. The van der Waals surface area contributed by atoms with Gasteiger partial charge in [-0.1, -0.05) is 19.1 Å². The minimum absolute atomic E-state index is 0.751. The van der Waals surface area contributed by atoms with Gasteiger partial charge in [-0.25, -0.2) is 0 Å². The quantitative estimate of drug-likeness (QED) is 0.699. The van der Waals surface area contributed by atoms with E-state index in [0.717, 1.165) is 34.4 Å². The zero-order chi connectivity index (χ0) is 13.9. The number of nitrogens with two attached hydrogens (primary N) is 1. The van der Waals surface area contributed by atoms with Crippen molar-refractivity contribution in [3.8, 4) is 0 Å². The molecule has 0 amide bonds. The monoisotopic (exact) mass is 263 g/mol. The molecule has 3 N–H and O–H groups in total. The van der Waals surface area contributed by atoms with Crippen molar-refractivity contribution >= 4 is 28.0 Å². The number of fused-ring (bicyclic) bond motifs is 1. The Morgan fingerprint density at radius 1 is 1.10 bits per heavy atom. The maximum absolute atomic E-state index is 6.00. The summed E-state index contributed by atoms with van der Waals surface area (Å²) in [6, 6.07) is 16.2. The van der Waals surface area contributed by atoms with E-state index < -0.39 is 0 Å². The van der Waals surface area contributed by atoms with Gasteiger partial charge in [0.25, 0.3) is 0 Å². The zero-order valence-electron chi connectivity index (χ0n) is 11.4. The Labute approximate surface area is 118 Å². The van der Waals surface area contributed by atoms with Crippen LogP contribution in [0.25, 0.3) is 10.9 Å². The molecule has 100 valence electrons. The van der Waals surface area contributed by atoms with E-state index >= 15 is 0 Å². The molecule has 20 heavy (non-hydrogen) atoms. The SMILES string of the molecule is CCc1cccc(Nc2ccc(N)c3cccnc23)c1. The minimum atomic E-state index is 0.751. The van der Waals surface area contributed by atoms with Gasteiger partial charge in [0.05, 0.1) is 11.2 Å². The fraction of sp³-hybridized carbons (Fsp3) is 0.118. The first-order valence-electron chi connectivity index (χ1n) is 6.77. The van der Waals surface area contributed by atoms with Crippen molar-refractivity contribution in [1.29, 1.82) is 0 Å². The van der Waals surface area contributed by atoms with E-state index in [1.807, 2.05) is 24.3 Å². The van der Waals surface area contributed by atoms with Gasteiger partial charge in [0.1, 0.15) is 0 Å². The Bertz CT molecular complexity index is 750. The summed E-state index contributed by atoms with van der Waals surface area (Å²) in [4.78, 5) is 4.44. The lowest BCUT2D eigenvalue weighted by molar-refractivity contribution is 1.14. The number of pyridine rings is 1. The number of nitrogens with zero attached hydrogens (tertiary/aromatic N) is 1. The molecule has 0 aliphatic heterocycles. The third-order valence-corrected chi connectivity index (χ3v) is 3.42. The largest absolute Gasteiger partial charge is 0.398 e. The topological polar surface area (TPSA) is 50.9 Å². The number of nitrogens with one attached hydrogen (secondary N) is 1. The van der Waals surface area contributed by atoms with Crippen LogP contribution in [0.1, 0.15) is 12.5 Å². The number of anilines is 3. The van der Waals surface area contributed by atoms with Crippen LogP contribution in [0.2, 0.25) is 0 Å². The van der Waals surface area contributed by atoms with Crippen molar-refractivity contribution in [2.24, 2.45) is 0 Å². The second kappa shape index (κ2) is 5.21. The lowest BCUT2D eigenvalue weighted by atomic mass is 10.1. The Balaban J connectivity index is 2.04. The molecule has 3 rings (SSSR count). The van der Waals surface area contributed by atoms with Crippen LogP contribution in [0, 0.1) is 0 Å². The molecule has 3 heteroatoms. The highest BCUT2D eigenvalue weighted by atomic mass is 14.9. The summed E-state index contributed by atoms with van der Waals surface area (Å²) < 4.78 is 0. The summed E-state index contributed by atoms with van der Waals surface area (Å²) >= 11 is 0. The molecule has 0 fully saturated rings. The van der Waals surface area contributed by atoms with Gasteiger partial charge < -0.3 is 11.1 Å². The van der Waals surface area contributed by atoms with Crippen LogP contribution in [0.4, 0.5) is 17.1 Å². The van der Waals surface area contributed by atoms with E-state index in [1.165, 1.54) is 5.56 Å². The molecule has 0 saturated carbocycles. The molecule has 0 saturated heterocycles. The predicted octanol–water partition coefficient (Wildman–Crippen LogP) is 4.12. The number of rotatable bonds is 3. The molecule has 0 unspecified atom stereocenters. The fourth-order valence-corrected chi connectivity index (χ4v) is 2.32. The third kappa shape index (κ3) is 2.30. The molecule has 0 aliphatic rings. The van der Waals surface area contributed by atoms with Crippen molar-refractivity contribution < 1.29 is 0 Å². The van der Waals surface area contributed by atoms with Gasteiger partial charge in [-0.3, -0.25) is 4.98 Å². The van der Waals surface area contributed by atoms with E-state index in [4.69, 9.17) is 5.73 Å². The predicted molar refractivity (Wildman–Crippen MR) is 85.3 cm³/mol. The summed E-state index contributed by atoms with van der Waals surface area (Å²) in [5.74, 6) is 0. The summed E-state index contributed by atoms with van der Waals surface area (Å²) in [6.45, 7) is 2.15. The summed E-state index contributed by atoms with van der Waals surface area (Å²) in [7, 11) is 0. The number of benzene rings is 2. The average molecular weight is 263 g/mol. The van der Waals surface area contributed by atoms with E-state index in [-0.39, 0.29) is 0 Å². The van der Waals surface area contributed by atoms with Gasteiger partial charge >= 0.3 is 0 Å². The molecule has 2 aromatic carbocycles. The first-order valence-corrected chi connectivity index (χ1v) is 6.77. The first kappa shape index (κ1) is 12.5. The van der Waals surface area contributed by atoms with Crippen LogP contribution >= 0.6 is 0 Å². The number of aromatic nitrogens is 1. The van der Waals surface area contributed by atoms with E-state index in [9.17, 15) is 0 Å². The zero-order valence-corrected chi connectivity index (χ0v) is 11.4. The molecule has 0 bridgehead atoms. The van der Waals surface area contributed by atoms with Gasteiger partial charge in [-0.2, -0.15) is 0 Å². The molecule has 0 radical (unpaired) electrons. The number of hydrogen-bond donors (Lipinski definition) is 2. The summed E-state index contributed by atoms with van der Waals surface area (Å²) in [6.07, 6.45) is 2.81. The van der Waals surface area contributed by atoms with Crippen LogP contribution in [0.5, 0.6) is 0 Å². The van der Waals surface area contributed by atoms with Crippen LogP contribution in [-0.2, 0) is 6.42 Å². The maximum atomic E-state index is 6.00. The lowest BCUT2D eigenvalue weighted by Gasteiger charge is -2.11. The summed E-state index contributed by atoms with van der Waals surface area (Å²) in [5.41, 5.74) is 11.0. The highest BCUT2D eigenvalue weighted by Crippen LogP contribution is 2.28. The highest BCUT2D eigenvalue weighted by molar-refractivity contribution is 5.99. The molecule has 1 heterocycles. The third-order valence-electron chi connectivity index (χ3n) is 3.42. The van der Waals surface area contributed by atoms with Gasteiger partial charge in [-0.15, -0.1) is 0 Å². The Morgan fingerprint density at radius 2 is 2.00 bits per heavy atom. The lowest BCUT2D eigenvalue weighted by Crippen LogP contribution is -1.96. The Morgan fingerprint density at radius 3 is 2.85 bits per heavy atom. The fourth-order valence-electron chi connectivity index (χ4n) is 2.32. The average Bonchev–Trinajstić information content (AvgIpc) is 2.51. The van der Waals surface area contributed by atoms with Crippen molar-refractivity contribution in [2.45, 2.75) is 13.3 Å². The van der Waals surface area contributed by atoms with Crippen molar-refractivity contribution in [1.82, 2.24) is 4.98 Å². The van der Waals surface area contributed by atoms with Gasteiger partial charge in [0, 0.05) is 23.0 Å². The molecule has 1 aromatic heterocycles. The molecular formula is C17H17N3. The number of hydrogen-bond acceptors (Lipinski definition) is 3. The molecule has 0 atom stereocenters. The minimum Gasteiger partial charge on any atom is -0.398 e. The maximum Gasteiger partial charge on any atom is 0.0957 e. The van der Waals surface area contributed by atoms with Crippen LogP contribution in [-0.4, -0.2) is 4.98 Å². The molecule has 3 nitrogen and oxygen atoms in total. The van der Waals surface area contributed by atoms with E-state index in [0.29, 0.717) is 0 Å². The number of aryl methyl sites for hydroxylation is 1. The molecular weight excluding hydrogens is 246 g/mol. The Hall–Kier alpha value is -2.55. The van der Waals surface area contributed by atoms with Gasteiger partial charge in [-0.05, 0) is 48.4 Å². The van der Waals surface area contributed by atoms with Crippen LogP contribution in [0.15, 0.2) is 54.7 Å². The summed E-state index contributed by atoms with van der Waals surface area (Å²) in [5, 5.41) is 4.41. The second-order valence-electron chi connectivity index (χ2n) is 4.78. The molecule has 3 aromatic rings. The molecule has 0 aliphatic carbocycles. The van der Waals surface area contributed by atoms with Gasteiger partial charge in [0.2, 0.25) is 0 Å². The van der Waals surface area contributed by atoms with Crippen molar-refractivity contribution in [3.05, 3.63) is 60.3 Å². The second-order valence-corrected chi connectivity index (χ2v) is 4.78. The van der Waals surface area contributed by atoms with Crippen molar-refractivity contribution in [2.75, 3.05) is 11.1 Å². The van der Waals surface area contributed by atoms with Gasteiger partial charge in [0.15, 0.2) is 0 Å². The van der Waals surface area contributed by atoms with E-state index in [1.54, 1.807) is 6.20 Å². The van der Waals surface area contributed by atoms with Crippen molar-refractivity contribution in [3.63, 3.8) is 0 Å². The standard InChI is InChI=1S/C17H17N3/c1-2-12-5-3-6-13(11-12)20-16-9-8-15(18)14-7-4-10-19-17(14)16/h3-11,20H,2,18H2,1H3. The molecule has 0 spiro atoms. The van der Waals surface area contributed by atoms with E-state index in [2.05, 4.69) is 41.5 Å². The highest BCUT2D eigenvalue weighted by Gasteiger charge is 2.05. The van der Waals surface area contributed by atoms with Crippen LogP contribution < -0.4 is 11.1 Å². The normalized spacial score (nSPS) is 10.7.